The Kier molecular flexibility index (Phi) is 4.25. The SMILES string of the molecule is COc1cccc(NC(=O)Nc2ccc(C)cc2C)c1. The summed E-state index contributed by atoms with van der Waals surface area (Å²) in [6.45, 7) is 3.99. The normalized spacial score (nSPS) is 9.95. The standard InChI is InChI=1S/C16H18N2O2/c1-11-7-8-15(12(2)9-11)18-16(19)17-13-5-4-6-14(10-13)20-3/h4-10H,1-3H3,(H2,17,18,19). The fourth-order valence-corrected chi connectivity index (χ4v) is 1.94. The van der Waals surface area contributed by atoms with E-state index in [0.29, 0.717) is 11.4 Å². The number of methoxy groups -OCH3 is 1. The van der Waals surface area contributed by atoms with Crippen molar-refractivity contribution in [2.75, 3.05) is 17.7 Å². The van der Waals surface area contributed by atoms with Gasteiger partial charge < -0.3 is 15.4 Å². The number of benzene rings is 2. The number of urea groups is 1. The van der Waals surface area contributed by atoms with Gasteiger partial charge in [0.25, 0.3) is 0 Å². The lowest BCUT2D eigenvalue weighted by Gasteiger charge is -2.11. The molecule has 4 nitrogen and oxygen atoms in total. The van der Waals surface area contributed by atoms with E-state index in [2.05, 4.69) is 10.6 Å². The Morgan fingerprint density at radius 2 is 1.85 bits per heavy atom. The maximum absolute atomic E-state index is 12.0. The summed E-state index contributed by atoms with van der Waals surface area (Å²) in [7, 11) is 1.59. The van der Waals surface area contributed by atoms with Gasteiger partial charge in [-0.2, -0.15) is 0 Å². The van der Waals surface area contributed by atoms with Crippen molar-refractivity contribution in [1.82, 2.24) is 0 Å². The molecule has 2 aromatic carbocycles. The molecular weight excluding hydrogens is 252 g/mol. The lowest BCUT2D eigenvalue weighted by atomic mass is 10.1. The fourth-order valence-electron chi connectivity index (χ4n) is 1.94. The maximum Gasteiger partial charge on any atom is 0.323 e. The molecule has 4 heteroatoms. The number of ether oxygens (including phenoxy) is 1. The van der Waals surface area contributed by atoms with Crippen LogP contribution < -0.4 is 15.4 Å². The highest BCUT2D eigenvalue weighted by atomic mass is 16.5. The number of aryl methyl sites for hydroxylation is 2. The molecule has 0 aliphatic carbocycles. The monoisotopic (exact) mass is 270 g/mol. The first kappa shape index (κ1) is 13.9. The van der Waals surface area contributed by atoms with E-state index in [9.17, 15) is 4.79 Å². The number of rotatable bonds is 3. The van der Waals surface area contributed by atoms with Gasteiger partial charge in [-0.1, -0.05) is 23.8 Å². The predicted octanol–water partition coefficient (Wildman–Crippen LogP) is 3.96. The Labute approximate surface area is 118 Å². The average molecular weight is 270 g/mol. The van der Waals surface area contributed by atoms with Gasteiger partial charge in [-0.25, -0.2) is 4.79 Å². The van der Waals surface area contributed by atoms with Crippen molar-refractivity contribution in [1.29, 1.82) is 0 Å². The second-order valence-corrected chi connectivity index (χ2v) is 4.63. The molecule has 0 atom stereocenters. The van der Waals surface area contributed by atoms with Gasteiger partial charge in [0, 0.05) is 17.4 Å². The molecule has 0 aromatic heterocycles. The molecule has 0 saturated carbocycles. The molecule has 2 rings (SSSR count). The van der Waals surface area contributed by atoms with Crippen LogP contribution >= 0.6 is 0 Å². The number of carbonyl (C=O) groups excluding carboxylic acids is 1. The van der Waals surface area contributed by atoms with Crippen LogP contribution in [0.3, 0.4) is 0 Å². The molecular formula is C16H18N2O2. The molecule has 0 aliphatic heterocycles. The van der Waals surface area contributed by atoms with Crippen LogP contribution in [0.25, 0.3) is 0 Å². The van der Waals surface area contributed by atoms with Crippen molar-refractivity contribution in [2.45, 2.75) is 13.8 Å². The minimum absolute atomic E-state index is 0.273. The van der Waals surface area contributed by atoms with Crippen molar-refractivity contribution in [2.24, 2.45) is 0 Å². The first-order valence-electron chi connectivity index (χ1n) is 6.38. The molecule has 0 radical (unpaired) electrons. The first-order valence-corrected chi connectivity index (χ1v) is 6.38. The zero-order chi connectivity index (χ0) is 14.5. The van der Waals surface area contributed by atoms with Crippen LogP contribution in [0.1, 0.15) is 11.1 Å². The molecule has 0 bridgehead atoms. The predicted molar refractivity (Wildman–Crippen MR) is 81.6 cm³/mol. The zero-order valence-corrected chi connectivity index (χ0v) is 11.9. The van der Waals surface area contributed by atoms with E-state index in [1.807, 2.05) is 50.2 Å². The number of nitrogens with one attached hydrogen (secondary N) is 2. The van der Waals surface area contributed by atoms with Crippen LogP contribution in [-0.2, 0) is 0 Å². The van der Waals surface area contributed by atoms with Crippen molar-refractivity contribution in [3.05, 3.63) is 53.6 Å². The third-order valence-electron chi connectivity index (χ3n) is 2.96. The van der Waals surface area contributed by atoms with E-state index in [-0.39, 0.29) is 6.03 Å². The van der Waals surface area contributed by atoms with Gasteiger partial charge in [-0.15, -0.1) is 0 Å². The van der Waals surface area contributed by atoms with Gasteiger partial charge in [0.2, 0.25) is 0 Å². The zero-order valence-electron chi connectivity index (χ0n) is 11.9. The Morgan fingerprint density at radius 3 is 2.55 bits per heavy atom. The molecule has 104 valence electrons. The summed E-state index contributed by atoms with van der Waals surface area (Å²) in [5, 5.41) is 5.61. The van der Waals surface area contributed by atoms with Gasteiger partial charge in [-0.05, 0) is 37.6 Å². The Balaban J connectivity index is 2.05. The van der Waals surface area contributed by atoms with Crippen LogP contribution in [-0.4, -0.2) is 13.1 Å². The third kappa shape index (κ3) is 3.51. The number of hydrogen-bond acceptors (Lipinski definition) is 2. The summed E-state index contributed by atoms with van der Waals surface area (Å²) in [5.41, 5.74) is 3.69. The second-order valence-electron chi connectivity index (χ2n) is 4.63. The quantitative estimate of drug-likeness (QED) is 0.887. The molecule has 0 unspecified atom stereocenters. The van der Waals surface area contributed by atoms with E-state index >= 15 is 0 Å². The highest BCUT2D eigenvalue weighted by Gasteiger charge is 2.05. The molecule has 2 aromatic rings. The van der Waals surface area contributed by atoms with Crippen molar-refractivity contribution < 1.29 is 9.53 Å². The van der Waals surface area contributed by atoms with Gasteiger partial charge in [0.15, 0.2) is 0 Å². The topological polar surface area (TPSA) is 50.4 Å². The molecule has 0 spiro atoms. The third-order valence-corrected chi connectivity index (χ3v) is 2.96. The van der Waals surface area contributed by atoms with Gasteiger partial charge in [-0.3, -0.25) is 0 Å². The highest BCUT2D eigenvalue weighted by molar-refractivity contribution is 6.00. The number of hydrogen-bond donors (Lipinski definition) is 2. The fraction of sp³-hybridized carbons (Fsp3) is 0.188. The van der Waals surface area contributed by atoms with Crippen molar-refractivity contribution in [3.63, 3.8) is 0 Å². The maximum atomic E-state index is 12.0. The summed E-state index contributed by atoms with van der Waals surface area (Å²) in [6.07, 6.45) is 0. The van der Waals surface area contributed by atoms with Crippen LogP contribution in [0.5, 0.6) is 5.75 Å². The van der Waals surface area contributed by atoms with Gasteiger partial charge in [0.1, 0.15) is 5.75 Å². The second kappa shape index (κ2) is 6.10. The Bertz CT molecular complexity index is 624. The van der Waals surface area contributed by atoms with Crippen LogP contribution in [0.15, 0.2) is 42.5 Å². The van der Waals surface area contributed by atoms with Crippen LogP contribution in [0.2, 0.25) is 0 Å². The molecule has 0 saturated heterocycles. The molecule has 0 aliphatic rings. The lowest BCUT2D eigenvalue weighted by Crippen LogP contribution is -2.19. The smallest absolute Gasteiger partial charge is 0.323 e. The number of carbonyl (C=O) groups is 1. The summed E-state index contributed by atoms with van der Waals surface area (Å²) in [4.78, 5) is 12.0. The summed E-state index contributed by atoms with van der Waals surface area (Å²) >= 11 is 0. The molecule has 0 heterocycles. The molecule has 2 amide bonds. The van der Waals surface area contributed by atoms with E-state index < -0.39 is 0 Å². The summed E-state index contributed by atoms with van der Waals surface area (Å²) in [6, 6.07) is 12.8. The van der Waals surface area contributed by atoms with Crippen molar-refractivity contribution in [3.8, 4) is 5.75 Å². The Morgan fingerprint density at radius 1 is 1.05 bits per heavy atom. The minimum Gasteiger partial charge on any atom is -0.497 e. The van der Waals surface area contributed by atoms with Crippen molar-refractivity contribution >= 4 is 17.4 Å². The molecule has 20 heavy (non-hydrogen) atoms. The minimum atomic E-state index is -0.273. The van der Waals surface area contributed by atoms with E-state index in [1.54, 1.807) is 13.2 Å². The van der Waals surface area contributed by atoms with Gasteiger partial charge in [0.05, 0.1) is 7.11 Å². The van der Waals surface area contributed by atoms with E-state index in [4.69, 9.17) is 4.74 Å². The first-order chi connectivity index (χ1) is 9.58. The molecule has 0 fully saturated rings. The Hall–Kier alpha value is -2.49. The van der Waals surface area contributed by atoms with E-state index in [0.717, 1.165) is 11.3 Å². The summed E-state index contributed by atoms with van der Waals surface area (Å²) < 4.78 is 5.12. The van der Waals surface area contributed by atoms with Crippen LogP contribution in [0.4, 0.5) is 16.2 Å². The highest BCUT2D eigenvalue weighted by Crippen LogP contribution is 2.19. The van der Waals surface area contributed by atoms with Crippen LogP contribution in [0, 0.1) is 13.8 Å². The van der Waals surface area contributed by atoms with E-state index in [1.165, 1.54) is 5.56 Å². The number of amides is 2. The molecule has 2 N–H and O–H groups in total. The number of anilines is 2. The largest absolute Gasteiger partial charge is 0.497 e. The lowest BCUT2D eigenvalue weighted by molar-refractivity contribution is 0.262. The van der Waals surface area contributed by atoms with Gasteiger partial charge >= 0.3 is 6.03 Å². The average Bonchev–Trinajstić information content (AvgIpc) is 2.42. The summed E-state index contributed by atoms with van der Waals surface area (Å²) in [5.74, 6) is 0.703.